The molecule has 0 saturated carbocycles. The van der Waals surface area contributed by atoms with Gasteiger partial charge in [0.15, 0.2) is 11.4 Å². The molecular formula is C13H8ClF3N2O4. The van der Waals surface area contributed by atoms with E-state index in [-0.39, 0.29) is 10.8 Å². The summed E-state index contributed by atoms with van der Waals surface area (Å²) in [6.07, 6.45) is -4.61. The van der Waals surface area contributed by atoms with E-state index in [9.17, 15) is 27.9 Å². The Kier molecular flexibility index (Phi) is 4.33. The number of carbonyl (C=O) groups is 2. The number of alkyl halides is 3. The fourth-order valence-electron chi connectivity index (χ4n) is 1.83. The molecule has 3 N–H and O–H groups in total. The second-order valence-electron chi connectivity index (χ2n) is 4.43. The molecule has 0 saturated heterocycles. The minimum Gasteiger partial charge on any atom is -0.505 e. The van der Waals surface area contributed by atoms with Crippen LogP contribution < -0.4 is 5.32 Å². The number of rotatable bonds is 3. The lowest BCUT2D eigenvalue weighted by Crippen LogP contribution is -2.30. The Balaban J connectivity index is 2.54. The van der Waals surface area contributed by atoms with Gasteiger partial charge in [-0.25, -0.2) is 4.98 Å². The summed E-state index contributed by atoms with van der Waals surface area (Å²) in [6.45, 7) is -0.720. The van der Waals surface area contributed by atoms with Crippen molar-refractivity contribution >= 4 is 34.2 Å². The third-order valence-corrected chi connectivity index (χ3v) is 3.16. The number of hydrogen-bond donors (Lipinski definition) is 3. The summed E-state index contributed by atoms with van der Waals surface area (Å²) >= 11 is 5.78. The second kappa shape index (κ2) is 5.92. The first kappa shape index (κ1) is 16.8. The molecule has 23 heavy (non-hydrogen) atoms. The lowest BCUT2D eigenvalue weighted by molar-refractivity contribution is -0.137. The number of pyridine rings is 1. The summed E-state index contributed by atoms with van der Waals surface area (Å²) in [5.74, 6) is -3.03. The lowest BCUT2D eigenvalue weighted by Gasteiger charge is -2.11. The van der Waals surface area contributed by atoms with E-state index in [1.165, 1.54) is 0 Å². The van der Waals surface area contributed by atoms with E-state index in [4.69, 9.17) is 16.7 Å². The van der Waals surface area contributed by atoms with E-state index in [0.717, 1.165) is 12.1 Å². The van der Waals surface area contributed by atoms with E-state index in [1.54, 1.807) is 0 Å². The molecule has 0 radical (unpaired) electrons. The molecule has 0 bridgehead atoms. The van der Waals surface area contributed by atoms with Crippen molar-refractivity contribution in [1.82, 2.24) is 10.3 Å². The first-order valence-corrected chi connectivity index (χ1v) is 6.38. The molecule has 2 aromatic rings. The van der Waals surface area contributed by atoms with Crippen molar-refractivity contribution in [3.8, 4) is 5.75 Å². The molecule has 1 amide bonds. The fourth-order valence-corrected chi connectivity index (χ4v) is 2.08. The van der Waals surface area contributed by atoms with E-state index in [0.29, 0.717) is 6.07 Å². The highest BCUT2D eigenvalue weighted by Crippen LogP contribution is 2.37. The maximum Gasteiger partial charge on any atom is 0.416 e. The van der Waals surface area contributed by atoms with Crippen molar-refractivity contribution in [1.29, 1.82) is 0 Å². The Morgan fingerprint density at radius 1 is 1.26 bits per heavy atom. The van der Waals surface area contributed by atoms with Crippen LogP contribution in [0, 0.1) is 0 Å². The number of fused-ring (bicyclic) bond motifs is 1. The maximum absolute atomic E-state index is 12.7. The van der Waals surface area contributed by atoms with Crippen LogP contribution in [0.4, 0.5) is 13.2 Å². The summed E-state index contributed by atoms with van der Waals surface area (Å²) < 4.78 is 38.1. The maximum atomic E-state index is 12.7. The van der Waals surface area contributed by atoms with Gasteiger partial charge in [-0.15, -0.1) is 0 Å². The zero-order valence-electron chi connectivity index (χ0n) is 11.1. The largest absolute Gasteiger partial charge is 0.505 e. The molecule has 0 unspecified atom stereocenters. The summed E-state index contributed by atoms with van der Waals surface area (Å²) in [5.41, 5.74) is -1.57. The number of aromatic nitrogens is 1. The van der Waals surface area contributed by atoms with Crippen LogP contribution in [-0.4, -0.2) is 33.6 Å². The molecule has 0 spiro atoms. The number of carboxylic acids is 1. The van der Waals surface area contributed by atoms with Crippen LogP contribution in [0.2, 0.25) is 5.15 Å². The number of nitrogens with one attached hydrogen (secondary N) is 1. The van der Waals surface area contributed by atoms with Crippen molar-refractivity contribution in [2.45, 2.75) is 6.18 Å². The second-order valence-corrected chi connectivity index (χ2v) is 4.79. The summed E-state index contributed by atoms with van der Waals surface area (Å²) in [7, 11) is 0. The number of carbonyl (C=O) groups excluding carboxylic acids is 1. The molecule has 122 valence electrons. The van der Waals surface area contributed by atoms with Crippen LogP contribution in [-0.2, 0) is 11.0 Å². The van der Waals surface area contributed by atoms with Gasteiger partial charge in [-0.1, -0.05) is 11.6 Å². The summed E-state index contributed by atoms with van der Waals surface area (Å²) in [4.78, 5) is 25.7. The van der Waals surface area contributed by atoms with E-state index < -0.39 is 46.8 Å². The van der Waals surface area contributed by atoms with E-state index in [1.807, 2.05) is 5.32 Å². The van der Waals surface area contributed by atoms with Gasteiger partial charge in [-0.3, -0.25) is 9.59 Å². The molecule has 0 aliphatic rings. The normalized spacial score (nSPS) is 11.5. The number of hydrogen-bond acceptors (Lipinski definition) is 4. The standard InChI is InChI=1S/C13H8ClF3N2O4/c14-11-7-3-5(13(15,16)17)1-2-6(7)10(22)9(19-11)12(23)18-4-8(20)21/h1-3,22H,4H2,(H,18,23)(H,20,21). The smallest absolute Gasteiger partial charge is 0.416 e. The molecule has 0 atom stereocenters. The van der Waals surface area contributed by atoms with E-state index >= 15 is 0 Å². The Morgan fingerprint density at radius 2 is 1.91 bits per heavy atom. The van der Waals surface area contributed by atoms with Gasteiger partial charge in [0.1, 0.15) is 11.7 Å². The number of carboxylic acid groups (broad SMARTS) is 1. The Morgan fingerprint density at radius 3 is 2.48 bits per heavy atom. The Hall–Kier alpha value is -2.55. The molecule has 0 fully saturated rings. The number of nitrogens with zero attached hydrogens (tertiary/aromatic N) is 1. The molecule has 6 nitrogen and oxygen atoms in total. The Bertz CT molecular complexity index is 808. The highest BCUT2D eigenvalue weighted by molar-refractivity contribution is 6.35. The lowest BCUT2D eigenvalue weighted by atomic mass is 10.1. The van der Waals surface area contributed by atoms with Gasteiger partial charge >= 0.3 is 12.1 Å². The predicted octanol–water partition coefficient (Wildman–Crippen LogP) is 2.43. The minimum absolute atomic E-state index is 0.113. The van der Waals surface area contributed by atoms with Crippen molar-refractivity contribution in [3.63, 3.8) is 0 Å². The van der Waals surface area contributed by atoms with E-state index in [2.05, 4.69) is 4.98 Å². The monoisotopic (exact) mass is 348 g/mol. The van der Waals surface area contributed by atoms with Gasteiger partial charge in [-0.2, -0.15) is 13.2 Å². The zero-order chi connectivity index (χ0) is 17.4. The number of halogens is 4. The topological polar surface area (TPSA) is 99.5 Å². The van der Waals surface area contributed by atoms with Crippen LogP contribution >= 0.6 is 11.6 Å². The number of amides is 1. The fraction of sp³-hybridized carbons (Fsp3) is 0.154. The molecule has 2 rings (SSSR count). The molecule has 1 aromatic heterocycles. The zero-order valence-corrected chi connectivity index (χ0v) is 11.9. The van der Waals surface area contributed by atoms with Gasteiger partial charge in [-0.05, 0) is 18.2 Å². The van der Waals surface area contributed by atoms with Crippen LogP contribution in [0.15, 0.2) is 18.2 Å². The summed E-state index contributed by atoms with van der Waals surface area (Å²) in [6, 6.07) is 2.37. The van der Waals surface area contributed by atoms with Gasteiger partial charge < -0.3 is 15.5 Å². The minimum atomic E-state index is -4.61. The molecule has 1 aromatic carbocycles. The van der Waals surface area contributed by atoms with Crippen molar-refractivity contribution in [3.05, 3.63) is 34.6 Å². The van der Waals surface area contributed by atoms with Crippen molar-refractivity contribution in [2.24, 2.45) is 0 Å². The third-order valence-electron chi connectivity index (χ3n) is 2.87. The van der Waals surface area contributed by atoms with Gasteiger partial charge in [0.25, 0.3) is 5.91 Å². The predicted molar refractivity (Wildman–Crippen MR) is 73.4 cm³/mol. The molecular weight excluding hydrogens is 341 g/mol. The third kappa shape index (κ3) is 3.45. The Labute approximate surface area is 131 Å². The quantitative estimate of drug-likeness (QED) is 0.740. The highest BCUT2D eigenvalue weighted by Gasteiger charge is 2.31. The molecule has 0 aliphatic heterocycles. The van der Waals surface area contributed by atoms with Gasteiger partial charge in [0.05, 0.1) is 5.56 Å². The van der Waals surface area contributed by atoms with Gasteiger partial charge in [0.2, 0.25) is 0 Å². The average molecular weight is 349 g/mol. The first-order valence-electron chi connectivity index (χ1n) is 6.00. The average Bonchev–Trinajstić information content (AvgIpc) is 2.47. The summed E-state index contributed by atoms with van der Waals surface area (Å²) in [5, 5.41) is 19.7. The molecule has 1 heterocycles. The SMILES string of the molecule is O=C(O)CNC(=O)c1nc(Cl)c2cc(C(F)(F)F)ccc2c1O. The van der Waals surface area contributed by atoms with Crippen LogP contribution in [0.1, 0.15) is 16.1 Å². The van der Waals surface area contributed by atoms with Crippen molar-refractivity contribution < 1.29 is 33.0 Å². The van der Waals surface area contributed by atoms with Crippen molar-refractivity contribution in [2.75, 3.05) is 6.54 Å². The number of aliphatic carboxylic acids is 1. The van der Waals surface area contributed by atoms with Crippen LogP contribution in [0.3, 0.4) is 0 Å². The van der Waals surface area contributed by atoms with Gasteiger partial charge in [0, 0.05) is 10.8 Å². The first-order chi connectivity index (χ1) is 10.6. The van der Waals surface area contributed by atoms with Crippen LogP contribution in [0.25, 0.3) is 10.8 Å². The number of benzene rings is 1. The highest BCUT2D eigenvalue weighted by atomic mass is 35.5. The molecule has 10 heteroatoms. The van der Waals surface area contributed by atoms with Crippen LogP contribution in [0.5, 0.6) is 5.75 Å². The number of aromatic hydroxyl groups is 1. The molecule has 0 aliphatic carbocycles.